The summed E-state index contributed by atoms with van der Waals surface area (Å²) in [6.45, 7) is 3.20. The molecule has 0 radical (unpaired) electrons. The van der Waals surface area contributed by atoms with E-state index in [1.807, 2.05) is 0 Å². The van der Waals surface area contributed by atoms with Crippen molar-refractivity contribution in [1.82, 2.24) is 0 Å². The Morgan fingerprint density at radius 3 is 2.00 bits per heavy atom. The highest BCUT2D eigenvalue weighted by molar-refractivity contribution is 6.10. The van der Waals surface area contributed by atoms with Crippen LogP contribution >= 0.6 is 0 Å². The van der Waals surface area contributed by atoms with Crippen molar-refractivity contribution in [3.63, 3.8) is 0 Å². The molecule has 1 nitrogen and oxygen atoms in total. The average Bonchev–Trinajstić information content (AvgIpc) is 2.26. The summed E-state index contributed by atoms with van der Waals surface area (Å²) in [6, 6.07) is 5.85. The van der Waals surface area contributed by atoms with Gasteiger partial charge in [-0.1, -0.05) is 12.1 Å². The molecule has 0 saturated heterocycles. The lowest BCUT2D eigenvalue weighted by Gasteiger charge is -2.09. The number of hydrogen-bond acceptors (Lipinski definition) is 1. The minimum atomic E-state index is -0.996. The molecule has 2 rings (SSSR count). The van der Waals surface area contributed by atoms with Gasteiger partial charge in [-0.25, -0.2) is 13.2 Å². The van der Waals surface area contributed by atoms with Crippen LogP contribution in [0.1, 0.15) is 27.0 Å². The Bertz CT molecular complexity index is 619. The first-order valence-corrected chi connectivity index (χ1v) is 5.67. The highest BCUT2D eigenvalue weighted by Crippen LogP contribution is 2.22. The maximum atomic E-state index is 13.8. The highest BCUT2D eigenvalue weighted by atomic mass is 19.1. The van der Waals surface area contributed by atoms with Crippen molar-refractivity contribution in [3.05, 3.63) is 70.0 Å². The summed E-state index contributed by atoms with van der Waals surface area (Å²) in [5.41, 5.74) is -0.0336. The van der Waals surface area contributed by atoms with Crippen molar-refractivity contribution in [2.75, 3.05) is 0 Å². The molecule has 0 unspecified atom stereocenters. The minimum Gasteiger partial charge on any atom is -0.288 e. The van der Waals surface area contributed by atoms with E-state index in [0.717, 1.165) is 18.2 Å². The molecule has 0 saturated carbocycles. The summed E-state index contributed by atoms with van der Waals surface area (Å²) < 4.78 is 40.9. The van der Waals surface area contributed by atoms with Gasteiger partial charge in [-0.3, -0.25) is 4.79 Å². The molecule has 19 heavy (non-hydrogen) atoms. The van der Waals surface area contributed by atoms with Crippen molar-refractivity contribution in [2.24, 2.45) is 0 Å². The van der Waals surface area contributed by atoms with Gasteiger partial charge in [-0.05, 0) is 43.2 Å². The van der Waals surface area contributed by atoms with Crippen LogP contribution in [0.25, 0.3) is 0 Å². The fraction of sp³-hybridized carbons (Fsp3) is 0.133. The van der Waals surface area contributed by atoms with Gasteiger partial charge >= 0.3 is 0 Å². The Labute approximate surface area is 108 Å². The van der Waals surface area contributed by atoms with E-state index in [2.05, 4.69) is 0 Å². The summed E-state index contributed by atoms with van der Waals surface area (Å²) in [6.07, 6.45) is 0. The second-order valence-electron chi connectivity index (χ2n) is 4.36. The first-order valence-electron chi connectivity index (χ1n) is 5.67. The van der Waals surface area contributed by atoms with Crippen LogP contribution < -0.4 is 0 Å². The lowest BCUT2D eigenvalue weighted by molar-refractivity contribution is 0.102. The first kappa shape index (κ1) is 13.3. The molecule has 2 aromatic rings. The Morgan fingerprint density at radius 1 is 0.895 bits per heavy atom. The SMILES string of the molecule is Cc1cc(C)c(C(=O)c2c(F)cccc2F)c(F)c1. The van der Waals surface area contributed by atoms with E-state index in [-0.39, 0.29) is 5.56 Å². The Balaban J connectivity index is 2.64. The van der Waals surface area contributed by atoms with Crippen LogP contribution in [0.5, 0.6) is 0 Å². The first-order chi connectivity index (χ1) is 8.91. The van der Waals surface area contributed by atoms with Crippen molar-refractivity contribution < 1.29 is 18.0 Å². The zero-order valence-corrected chi connectivity index (χ0v) is 10.4. The quantitative estimate of drug-likeness (QED) is 0.750. The molecule has 98 valence electrons. The maximum absolute atomic E-state index is 13.8. The fourth-order valence-electron chi connectivity index (χ4n) is 2.04. The molecule has 0 atom stereocenters. The van der Waals surface area contributed by atoms with Gasteiger partial charge in [-0.15, -0.1) is 0 Å². The van der Waals surface area contributed by atoms with E-state index in [4.69, 9.17) is 0 Å². The molecule has 0 fully saturated rings. The summed E-state index contributed by atoms with van der Waals surface area (Å²) in [5, 5.41) is 0. The molecule has 0 aliphatic rings. The summed E-state index contributed by atoms with van der Waals surface area (Å²) >= 11 is 0. The van der Waals surface area contributed by atoms with Crippen LogP contribution in [0.4, 0.5) is 13.2 Å². The third-order valence-corrected chi connectivity index (χ3v) is 2.85. The topological polar surface area (TPSA) is 17.1 Å². The Kier molecular flexibility index (Phi) is 3.42. The van der Waals surface area contributed by atoms with Gasteiger partial charge in [0.15, 0.2) is 0 Å². The van der Waals surface area contributed by atoms with Gasteiger partial charge in [0.25, 0.3) is 0 Å². The summed E-state index contributed by atoms with van der Waals surface area (Å²) in [5.74, 6) is -3.75. The second-order valence-corrected chi connectivity index (χ2v) is 4.36. The molecule has 0 spiro atoms. The second kappa shape index (κ2) is 4.88. The highest BCUT2D eigenvalue weighted by Gasteiger charge is 2.23. The van der Waals surface area contributed by atoms with E-state index in [1.165, 1.54) is 13.0 Å². The molecule has 0 aromatic heterocycles. The van der Waals surface area contributed by atoms with E-state index in [1.54, 1.807) is 13.0 Å². The van der Waals surface area contributed by atoms with Crippen LogP contribution in [-0.2, 0) is 0 Å². The molecular weight excluding hydrogens is 253 g/mol. The Morgan fingerprint density at radius 2 is 1.47 bits per heavy atom. The van der Waals surface area contributed by atoms with Gasteiger partial charge in [-0.2, -0.15) is 0 Å². The van der Waals surface area contributed by atoms with Crippen LogP contribution in [0, 0.1) is 31.3 Å². The number of benzene rings is 2. The largest absolute Gasteiger partial charge is 0.288 e. The molecule has 0 amide bonds. The van der Waals surface area contributed by atoms with Crippen molar-refractivity contribution in [3.8, 4) is 0 Å². The molecule has 4 heteroatoms. The Hall–Kier alpha value is -2.10. The van der Waals surface area contributed by atoms with E-state index in [9.17, 15) is 18.0 Å². The minimum absolute atomic E-state index is 0.297. The van der Waals surface area contributed by atoms with Gasteiger partial charge in [0, 0.05) is 0 Å². The predicted molar refractivity (Wildman–Crippen MR) is 65.7 cm³/mol. The zero-order valence-electron chi connectivity index (χ0n) is 10.4. The number of carbonyl (C=O) groups is 1. The van der Waals surface area contributed by atoms with Crippen LogP contribution in [0.15, 0.2) is 30.3 Å². The lowest BCUT2D eigenvalue weighted by Crippen LogP contribution is -2.11. The molecule has 0 N–H and O–H groups in total. The van der Waals surface area contributed by atoms with Crippen LogP contribution in [0.3, 0.4) is 0 Å². The smallest absolute Gasteiger partial charge is 0.202 e. The molecule has 0 aliphatic heterocycles. The number of hydrogen-bond donors (Lipinski definition) is 0. The van der Waals surface area contributed by atoms with Gasteiger partial charge in [0.1, 0.15) is 17.5 Å². The monoisotopic (exact) mass is 264 g/mol. The molecular formula is C15H11F3O. The summed E-state index contributed by atoms with van der Waals surface area (Å²) in [4.78, 5) is 12.1. The number of aryl methyl sites for hydroxylation is 2. The van der Waals surface area contributed by atoms with Crippen molar-refractivity contribution >= 4 is 5.78 Å². The third kappa shape index (κ3) is 2.38. The van der Waals surface area contributed by atoms with Gasteiger partial charge < -0.3 is 0 Å². The average molecular weight is 264 g/mol. The maximum Gasteiger partial charge on any atom is 0.202 e. The molecule has 0 heterocycles. The lowest BCUT2D eigenvalue weighted by atomic mass is 9.96. The van der Waals surface area contributed by atoms with E-state index in [0.29, 0.717) is 11.1 Å². The van der Waals surface area contributed by atoms with Crippen LogP contribution in [0.2, 0.25) is 0 Å². The van der Waals surface area contributed by atoms with Crippen LogP contribution in [-0.4, -0.2) is 5.78 Å². The summed E-state index contributed by atoms with van der Waals surface area (Å²) in [7, 11) is 0. The van der Waals surface area contributed by atoms with Gasteiger partial charge in [0.2, 0.25) is 5.78 Å². The zero-order chi connectivity index (χ0) is 14.2. The normalized spacial score (nSPS) is 10.6. The number of ketones is 1. The van der Waals surface area contributed by atoms with Crippen molar-refractivity contribution in [1.29, 1.82) is 0 Å². The van der Waals surface area contributed by atoms with Gasteiger partial charge in [0.05, 0.1) is 11.1 Å². The molecule has 2 aromatic carbocycles. The van der Waals surface area contributed by atoms with Crippen molar-refractivity contribution in [2.45, 2.75) is 13.8 Å². The molecule has 0 bridgehead atoms. The number of halogens is 3. The van der Waals surface area contributed by atoms with E-state index >= 15 is 0 Å². The number of rotatable bonds is 2. The predicted octanol–water partition coefficient (Wildman–Crippen LogP) is 3.95. The third-order valence-electron chi connectivity index (χ3n) is 2.85. The fourth-order valence-corrected chi connectivity index (χ4v) is 2.04. The molecule has 0 aliphatic carbocycles. The number of carbonyl (C=O) groups excluding carboxylic acids is 1. The standard InChI is InChI=1S/C15H11F3O/c1-8-6-9(2)13(12(18)7-8)15(19)14-10(16)4-3-5-11(14)17/h3-7H,1-2H3. The van der Waals surface area contributed by atoms with E-state index < -0.39 is 28.8 Å².